The van der Waals surface area contributed by atoms with E-state index in [1.165, 1.54) is 24.3 Å². The van der Waals surface area contributed by atoms with Crippen molar-refractivity contribution in [1.82, 2.24) is 5.32 Å². The van der Waals surface area contributed by atoms with Gasteiger partial charge in [0.1, 0.15) is 11.4 Å². The van der Waals surface area contributed by atoms with Gasteiger partial charge in [0.15, 0.2) is 0 Å². The first-order chi connectivity index (χ1) is 13.3. The lowest BCUT2D eigenvalue weighted by Gasteiger charge is -2.29. The third kappa shape index (κ3) is 2.97. The average molecular weight is 402 g/mol. The maximum absolute atomic E-state index is 13.2. The molecule has 0 radical (unpaired) electrons. The van der Waals surface area contributed by atoms with E-state index >= 15 is 0 Å². The van der Waals surface area contributed by atoms with E-state index in [0.29, 0.717) is 28.4 Å². The Kier molecular flexibility index (Phi) is 4.63. The molecule has 1 spiro atoms. The van der Waals surface area contributed by atoms with Gasteiger partial charge in [-0.2, -0.15) is 0 Å². The van der Waals surface area contributed by atoms with Crippen molar-refractivity contribution in [3.63, 3.8) is 0 Å². The second kappa shape index (κ2) is 6.87. The fourth-order valence-corrected chi connectivity index (χ4v) is 4.34. The molecular formula is C21H21ClFN3O2. The number of rotatable bonds is 3. The molecule has 2 aliphatic rings. The van der Waals surface area contributed by atoms with Crippen LogP contribution >= 0.6 is 11.6 Å². The summed E-state index contributed by atoms with van der Waals surface area (Å²) >= 11 is 6.20. The highest BCUT2D eigenvalue weighted by molar-refractivity contribution is 6.31. The quantitative estimate of drug-likeness (QED) is 0.730. The van der Waals surface area contributed by atoms with Crippen molar-refractivity contribution in [2.24, 2.45) is 11.8 Å². The van der Waals surface area contributed by atoms with Gasteiger partial charge in [0.25, 0.3) is 0 Å². The minimum absolute atomic E-state index is 0.0142. The van der Waals surface area contributed by atoms with Gasteiger partial charge < -0.3 is 10.6 Å². The Labute approximate surface area is 167 Å². The molecule has 7 heteroatoms. The number of benzene rings is 2. The van der Waals surface area contributed by atoms with Gasteiger partial charge in [-0.1, -0.05) is 25.4 Å². The minimum Gasteiger partial charge on any atom is -0.326 e. The first-order valence-electron chi connectivity index (χ1n) is 9.27. The highest BCUT2D eigenvalue weighted by Gasteiger charge is 2.60. The number of hydrogen-bond acceptors (Lipinski definition) is 3. The molecule has 3 atom stereocenters. The predicted octanol–water partition coefficient (Wildman–Crippen LogP) is 3.90. The number of halogens is 2. The molecular weight excluding hydrogens is 381 g/mol. The molecule has 0 aliphatic carbocycles. The summed E-state index contributed by atoms with van der Waals surface area (Å²) in [6.07, 6.45) is 0.504. The lowest BCUT2D eigenvalue weighted by Crippen LogP contribution is -2.52. The smallest absolute Gasteiger partial charge is 0.250 e. The Bertz CT molecular complexity index is 947. The molecule has 2 aromatic rings. The van der Waals surface area contributed by atoms with Gasteiger partial charge in [-0.15, -0.1) is 0 Å². The van der Waals surface area contributed by atoms with Gasteiger partial charge in [-0.25, -0.2) is 4.39 Å². The van der Waals surface area contributed by atoms with E-state index in [1.807, 2.05) is 0 Å². The summed E-state index contributed by atoms with van der Waals surface area (Å²) in [4.78, 5) is 26.3. The van der Waals surface area contributed by atoms with Crippen molar-refractivity contribution in [1.29, 1.82) is 0 Å². The van der Waals surface area contributed by atoms with Crippen LogP contribution in [0.3, 0.4) is 0 Å². The molecule has 0 bridgehead atoms. The number of amides is 2. The van der Waals surface area contributed by atoms with Gasteiger partial charge in [-0.05, 0) is 54.8 Å². The fraction of sp³-hybridized carbons (Fsp3) is 0.333. The van der Waals surface area contributed by atoms with Crippen LogP contribution in [0.25, 0.3) is 0 Å². The van der Waals surface area contributed by atoms with Crippen molar-refractivity contribution in [2.45, 2.75) is 31.8 Å². The summed E-state index contributed by atoms with van der Waals surface area (Å²) in [7, 11) is 0. The Hall–Kier alpha value is -2.44. The van der Waals surface area contributed by atoms with Crippen LogP contribution in [0, 0.1) is 17.7 Å². The predicted molar refractivity (Wildman–Crippen MR) is 107 cm³/mol. The monoisotopic (exact) mass is 401 g/mol. The molecule has 28 heavy (non-hydrogen) atoms. The van der Waals surface area contributed by atoms with Crippen LogP contribution in [-0.2, 0) is 15.1 Å². The molecule has 0 unspecified atom stereocenters. The highest BCUT2D eigenvalue weighted by Crippen LogP contribution is 2.48. The number of hydrogen-bond donors (Lipinski definition) is 3. The van der Waals surface area contributed by atoms with Crippen molar-refractivity contribution >= 4 is 34.8 Å². The molecule has 2 amide bonds. The normalized spacial score (nSPS) is 25.8. The molecule has 5 nitrogen and oxygen atoms in total. The van der Waals surface area contributed by atoms with Gasteiger partial charge in [0.05, 0.1) is 5.92 Å². The summed E-state index contributed by atoms with van der Waals surface area (Å²) < 4.78 is 13.2. The van der Waals surface area contributed by atoms with Crippen LogP contribution in [0.2, 0.25) is 5.02 Å². The van der Waals surface area contributed by atoms with Crippen molar-refractivity contribution in [3.05, 3.63) is 58.9 Å². The summed E-state index contributed by atoms with van der Waals surface area (Å²) in [6, 6.07) is 10.8. The summed E-state index contributed by atoms with van der Waals surface area (Å²) in [6.45, 7) is 4.11. The number of anilines is 2. The van der Waals surface area contributed by atoms with Crippen LogP contribution in [0.1, 0.15) is 25.8 Å². The van der Waals surface area contributed by atoms with E-state index in [2.05, 4.69) is 29.8 Å². The maximum atomic E-state index is 13.2. The molecule has 2 aliphatic heterocycles. The summed E-state index contributed by atoms with van der Waals surface area (Å²) in [5.41, 5.74) is 0.650. The van der Waals surface area contributed by atoms with E-state index < -0.39 is 11.5 Å². The molecule has 1 saturated heterocycles. The van der Waals surface area contributed by atoms with Gasteiger partial charge >= 0.3 is 0 Å². The minimum atomic E-state index is -1.18. The zero-order valence-electron chi connectivity index (χ0n) is 15.6. The van der Waals surface area contributed by atoms with Gasteiger partial charge in [0.2, 0.25) is 11.8 Å². The molecule has 2 heterocycles. The Morgan fingerprint density at radius 1 is 1.25 bits per heavy atom. The number of carbonyl (C=O) groups is 2. The zero-order chi connectivity index (χ0) is 20.1. The van der Waals surface area contributed by atoms with E-state index in [4.69, 9.17) is 11.6 Å². The Morgan fingerprint density at radius 2 is 1.96 bits per heavy atom. The van der Waals surface area contributed by atoms with Crippen LogP contribution in [0.4, 0.5) is 15.8 Å². The van der Waals surface area contributed by atoms with Crippen LogP contribution in [0.5, 0.6) is 0 Å². The Balaban J connectivity index is 1.74. The van der Waals surface area contributed by atoms with E-state index in [9.17, 15) is 14.0 Å². The summed E-state index contributed by atoms with van der Waals surface area (Å²) in [5.74, 6) is -1.32. The highest BCUT2D eigenvalue weighted by atomic mass is 35.5. The zero-order valence-corrected chi connectivity index (χ0v) is 16.3. The molecule has 3 N–H and O–H groups in total. The summed E-state index contributed by atoms with van der Waals surface area (Å²) in [5, 5.41) is 9.65. The number of carbonyl (C=O) groups excluding carboxylic acids is 2. The Morgan fingerprint density at radius 3 is 2.64 bits per heavy atom. The molecule has 1 fully saturated rings. The van der Waals surface area contributed by atoms with Crippen LogP contribution in [-0.4, -0.2) is 17.9 Å². The lowest BCUT2D eigenvalue weighted by atomic mass is 9.79. The lowest BCUT2D eigenvalue weighted by molar-refractivity contribution is -0.130. The third-order valence-corrected chi connectivity index (χ3v) is 5.91. The largest absolute Gasteiger partial charge is 0.326 e. The van der Waals surface area contributed by atoms with Crippen molar-refractivity contribution < 1.29 is 14.0 Å². The molecule has 2 aromatic carbocycles. The molecule has 146 valence electrons. The van der Waals surface area contributed by atoms with Gasteiger partial charge in [0, 0.05) is 28.0 Å². The van der Waals surface area contributed by atoms with Crippen molar-refractivity contribution in [2.75, 3.05) is 10.6 Å². The maximum Gasteiger partial charge on any atom is 0.250 e. The molecule has 0 saturated carbocycles. The fourth-order valence-electron chi connectivity index (χ4n) is 4.17. The van der Waals surface area contributed by atoms with Crippen LogP contribution in [0.15, 0.2) is 42.5 Å². The van der Waals surface area contributed by atoms with E-state index in [-0.39, 0.29) is 29.6 Å². The topological polar surface area (TPSA) is 70.2 Å². The average Bonchev–Trinajstić information content (AvgIpc) is 3.18. The number of nitrogens with one attached hydrogen (secondary N) is 3. The van der Waals surface area contributed by atoms with Crippen LogP contribution < -0.4 is 16.0 Å². The van der Waals surface area contributed by atoms with E-state index in [1.54, 1.807) is 18.2 Å². The molecule has 4 rings (SSSR count). The SMILES string of the molecule is CC(C)[C@@H]1C[C@H](C(=O)Nc2ccc(F)cc2)[C@]2(N1)C(=O)Nc1ccc(Cl)cc12. The van der Waals surface area contributed by atoms with Gasteiger partial charge in [-0.3, -0.25) is 14.9 Å². The second-order valence-corrected chi connectivity index (χ2v) is 8.17. The molecule has 0 aromatic heterocycles. The first kappa shape index (κ1) is 18.9. The third-order valence-electron chi connectivity index (χ3n) is 5.67. The second-order valence-electron chi connectivity index (χ2n) is 7.73. The standard InChI is InChI=1S/C21H21ClFN3O2/c1-11(2)18-10-16(19(27)24-14-6-4-13(23)5-7-14)21(26-18)15-9-12(22)3-8-17(15)25-20(21)28/h3-9,11,16,18,26H,10H2,1-2H3,(H,24,27)(H,25,28)/t16-,18+,21+/m1/s1. The first-order valence-corrected chi connectivity index (χ1v) is 9.64. The van der Waals surface area contributed by atoms with E-state index in [0.717, 1.165) is 0 Å². The number of fused-ring (bicyclic) bond motifs is 2. The van der Waals surface area contributed by atoms with Crippen molar-refractivity contribution in [3.8, 4) is 0 Å².